The summed E-state index contributed by atoms with van der Waals surface area (Å²) in [5.74, 6) is -0.223. The second-order valence-electron chi connectivity index (χ2n) is 6.50. The maximum Gasteiger partial charge on any atom is 0.339 e. The van der Waals surface area contributed by atoms with E-state index in [0.717, 1.165) is 6.07 Å². The molecule has 0 amide bonds. The van der Waals surface area contributed by atoms with E-state index in [2.05, 4.69) is 10.1 Å². The fourth-order valence-electron chi connectivity index (χ4n) is 2.55. The standard InChI is InChI=1S/C19H17N3O8S/c1-11-4-7-15(22(24)25)10-17(11)31(26,27)30-16-8-5-14(6-9-16)19(23)28-12(2)18-20-13(3)21-29-18/h4-10,12H,1-3H3. The summed E-state index contributed by atoms with van der Waals surface area (Å²) in [7, 11) is -4.33. The molecule has 12 heteroatoms. The summed E-state index contributed by atoms with van der Waals surface area (Å²) in [5.41, 5.74) is 0.0480. The summed E-state index contributed by atoms with van der Waals surface area (Å²) >= 11 is 0. The van der Waals surface area contributed by atoms with Crippen molar-refractivity contribution >= 4 is 21.8 Å². The first kappa shape index (κ1) is 21.9. The number of aromatic nitrogens is 2. The molecular weight excluding hydrogens is 430 g/mol. The van der Waals surface area contributed by atoms with Gasteiger partial charge in [-0.2, -0.15) is 13.4 Å². The fraction of sp³-hybridized carbons (Fsp3) is 0.211. The molecule has 0 N–H and O–H groups in total. The Kier molecular flexibility index (Phi) is 6.02. The highest BCUT2D eigenvalue weighted by Gasteiger charge is 2.23. The third kappa shape index (κ3) is 5.04. The highest BCUT2D eigenvalue weighted by Crippen LogP contribution is 2.26. The van der Waals surface area contributed by atoms with Gasteiger partial charge < -0.3 is 13.4 Å². The Labute approximate surface area is 176 Å². The molecule has 1 atom stereocenters. The SMILES string of the molecule is Cc1noc(C(C)OC(=O)c2ccc(OS(=O)(=O)c3cc([N+](=O)[O-])ccc3C)cc2)n1. The van der Waals surface area contributed by atoms with Crippen LogP contribution < -0.4 is 4.18 Å². The van der Waals surface area contributed by atoms with Gasteiger partial charge >= 0.3 is 16.1 Å². The van der Waals surface area contributed by atoms with Crippen molar-refractivity contribution in [1.82, 2.24) is 10.1 Å². The number of rotatable bonds is 7. The third-order valence-corrected chi connectivity index (χ3v) is 5.51. The van der Waals surface area contributed by atoms with Gasteiger partial charge in [0.05, 0.1) is 10.5 Å². The second kappa shape index (κ2) is 8.52. The van der Waals surface area contributed by atoms with Crippen LogP contribution in [0.15, 0.2) is 51.9 Å². The summed E-state index contributed by atoms with van der Waals surface area (Å²) in [6.45, 7) is 4.69. The molecule has 3 aromatic rings. The average molecular weight is 447 g/mol. The Morgan fingerprint density at radius 1 is 1.16 bits per heavy atom. The highest BCUT2D eigenvalue weighted by atomic mass is 32.2. The average Bonchev–Trinajstić information content (AvgIpc) is 3.14. The van der Waals surface area contributed by atoms with Gasteiger partial charge in [0, 0.05) is 12.1 Å². The van der Waals surface area contributed by atoms with Crippen LogP contribution in [0.1, 0.15) is 40.7 Å². The van der Waals surface area contributed by atoms with Crippen LogP contribution in [-0.4, -0.2) is 29.5 Å². The Morgan fingerprint density at radius 2 is 1.84 bits per heavy atom. The lowest BCUT2D eigenvalue weighted by Crippen LogP contribution is -2.12. The number of esters is 1. The van der Waals surface area contributed by atoms with Gasteiger partial charge in [-0.15, -0.1) is 0 Å². The van der Waals surface area contributed by atoms with Crippen molar-refractivity contribution in [2.24, 2.45) is 0 Å². The minimum absolute atomic E-state index is 0.0805. The zero-order chi connectivity index (χ0) is 22.8. The molecule has 1 aromatic heterocycles. The Balaban J connectivity index is 1.73. The molecular formula is C19H17N3O8S. The number of aryl methyl sites for hydroxylation is 2. The van der Waals surface area contributed by atoms with E-state index < -0.39 is 27.1 Å². The van der Waals surface area contributed by atoms with Gasteiger partial charge in [0.25, 0.3) is 11.6 Å². The number of hydrogen-bond donors (Lipinski definition) is 0. The van der Waals surface area contributed by atoms with E-state index in [4.69, 9.17) is 13.4 Å². The molecule has 0 aliphatic heterocycles. The lowest BCUT2D eigenvalue weighted by atomic mass is 10.2. The molecule has 2 aromatic carbocycles. The normalized spacial score (nSPS) is 12.2. The monoisotopic (exact) mass is 447 g/mol. The van der Waals surface area contributed by atoms with Crippen LogP contribution in [0.5, 0.6) is 5.75 Å². The summed E-state index contributed by atoms with van der Waals surface area (Å²) in [6, 6.07) is 8.62. The predicted molar refractivity (Wildman–Crippen MR) is 105 cm³/mol. The molecule has 0 spiro atoms. The van der Waals surface area contributed by atoms with Crippen molar-refractivity contribution in [1.29, 1.82) is 0 Å². The molecule has 1 unspecified atom stereocenters. The number of ether oxygens (including phenoxy) is 1. The molecule has 0 fully saturated rings. The van der Waals surface area contributed by atoms with E-state index >= 15 is 0 Å². The third-order valence-electron chi connectivity index (χ3n) is 4.12. The van der Waals surface area contributed by atoms with Gasteiger partial charge in [-0.05, 0) is 50.6 Å². The number of benzene rings is 2. The summed E-state index contributed by atoms with van der Waals surface area (Å²) in [4.78, 5) is 26.2. The lowest BCUT2D eigenvalue weighted by Gasteiger charge is -2.11. The first-order valence-corrected chi connectivity index (χ1v) is 10.3. The summed E-state index contributed by atoms with van der Waals surface area (Å²) < 4.78 is 40.4. The van der Waals surface area contributed by atoms with Crippen molar-refractivity contribution in [3.05, 3.63) is 75.4 Å². The molecule has 162 valence electrons. The van der Waals surface area contributed by atoms with Crippen LogP contribution in [0, 0.1) is 24.0 Å². The number of hydrogen-bond acceptors (Lipinski definition) is 10. The Bertz CT molecular complexity index is 1240. The minimum Gasteiger partial charge on any atom is -0.449 e. The van der Waals surface area contributed by atoms with Gasteiger partial charge in [-0.3, -0.25) is 10.1 Å². The minimum atomic E-state index is -4.33. The number of nitro benzene ring substituents is 1. The van der Waals surface area contributed by atoms with Gasteiger partial charge in [0.2, 0.25) is 0 Å². The van der Waals surface area contributed by atoms with E-state index in [-0.39, 0.29) is 33.4 Å². The number of carbonyl (C=O) groups excluding carboxylic acids is 1. The van der Waals surface area contributed by atoms with Crippen LogP contribution in [-0.2, 0) is 14.9 Å². The number of non-ortho nitro benzene ring substituents is 1. The number of nitro groups is 1. The zero-order valence-corrected chi connectivity index (χ0v) is 17.5. The first-order chi connectivity index (χ1) is 14.6. The van der Waals surface area contributed by atoms with Crippen molar-refractivity contribution in [2.45, 2.75) is 31.8 Å². The molecule has 0 aliphatic carbocycles. The molecule has 0 aliphatic rings. The predicted octanol–water partition coefficient (Wildman–Crippen LogP) is 3.28. The molecule has 0 saturated heterocycles. The largest absolute Gasteiger partial charge is 0.449 e. The highest BCUT2D eigenvalue weighted by molar-refractivity contribution is 7.87. The van der Waals surface area contributed by atoms with E-state index in [0.29, 0.717) is 5.82 Å². The first-order valence-electron chi connectivity index (χ1n) is 8.87. The molecule has 31 heavy (non-hydrogen) atoms. The molecule has 1 heterocycles. The fourth-order valence-corrected chi connectivity index (χ4v) is 3.73. The Hall–Kier alpha value is -3.80. The molecule has 3 rings (SSSR count). The van der Waals surface area contributed by atoms with Crippen molar-refractivity contribution in [3.8, 4) is 5.75 Å². The van der Waals surface area contributed by atoms with Crippen LogP contribution in [0.4, 0.5) is 5.69 Å². The van der Waals surface area contributed by atoms with E-state index in [9.17, 15) is 23.3 Å². The smallest absolute Gasteiger partial charge is 0.339 e. The lowest BCUT2D eigenvalue weighted by molar-refractivity contribution is -0.385. The van der Waals surface area contributed by atoms with Gasteiger partial charge in [-0.25, -0.2) is 4.79 Å². The van der Waals surface area contributed by atoms with E-state index in [1.807, 2.05) is 0 Å². The molecule has 0 bridgehead atoms. The van der Waals surface area contributed by atoms with Gasteiger partial charge in [-0.1, -0.05) is 11.2 Å². The van der Waals surface area contributed by atoms with Crippen molar-refractivity contribution < 1.29 is 31.6 Å². The number of carbonyl (C=O) groups is 1. The molecule has 0 saturated carbocycles. The Morgan fingerprint density at radius 3 is 2.42 bits per heavy atom. The van der Waals surface area contributed by atoms with Crippen LogP contribution >= 0.6 is 0 Å². The van der Waals surface area contributed by atoms with E-state index in [1.54, 1.807) is 13.8 Å². The maximum atomic E-state index is 12.6. The van der Waals surface area contributed by atoms with Crippen molar-refractivity contribution in [3.63, 3.8) is 0 Å². The maximum absolute atomic E-state index is 12.6. The van der Waals surface area contributed by atoms with Crippen LogP contribution in [0.2, 0.25) is 0 Å². The van der Waals surface area contributed by atoms with Crippen LogP contribution in [0.3, 0.4) is 0 Å². The van der Waals surface area contributed by atoms with Crippen LogP contribution in [0.25, 0.3) is 0 Å². The zero-order valence-electron chi connectivity index (χ0n) is 16.6. The second-order valence-corrected chi connectivity index (χ2v) is 8.01. The topological polar surface area (TPSA) is 152 Å². The van der Waals surface area contributed by atoms with Crippen molar-refractivity contribution in [2.75, 3.05) is 0 Å². The summed E-state index contributed by atoms with van der Waals surface area (Å²) in [5, 5.41) is 14.6. The number of nitrogens with zero attached hydrogens (tertiary/aromatic N) is 3. The molecule has 11 nitrogen and oxygen atoms in total. The van der Waals surface area contributed by atoms with E-state index in [1.165, 1.54) is 43.3 Å². The quantitative estimate of drug-likeness (QED) is 0.228. The van der Waals surface area contributed by atoms with Gasteiger partial charge in [0.15, 0.2) is 11.9 Å². The molecule has 0 radical (unpaired) electrons. The summed E-state index contributed by atoms with van der Waals surface area (Å²) in [6.07, 6.45) is -0.776. The van der Waals surface area contributed by atoms with Gasteiger partial charge in [0.1, 0.15) is 10.6 Å².